The zero-order chi connectivity index (χ0) is 40.5. The summed E-state index contributed by atoms with van der Waals surface area (Å²) in [5.74, 6) is 0.0396. The van der Waals surface area contributed by atoms with Crippen LogP contribution in [0.25, 0.3) is 11.1 Å². The molecule has 9 aromatic carbocycles. The van der Waals surface area contributed by atoms with Crippen molar-refractivity contribution in [2.24, 2.45) is 0 Å². The topological polar surface area (TPSA) is 20.3 Å². The molecule has 3 aliphatic heterocycles. The Kier molecular flexibility index (Phi) is 8.67. The molecule has 61 heavy (non-hydrogen) atoms. The van der Waals surface area contributed by atoms with Gasteiger partial charge in [0.15, 0.2) is 13.9 Å². The summed E-state index contributed by atoms with van der Waals surface area (Å²) in [7, 11) is -2.72. The number of hydrogen-bond donors (Lipinski definition) is 0. The molecule has 0 unspecified atom stereocenters. The number of ketones is 1. The van der Waals surface area contributed by atoms with Crippen LogP contribution in [0.15, 0.2) is 238 Å². The fourth-order valence-corrected chi connectivity index (χ4v) is 17.6. The summed E-state index contributed by atoms with van der Waals surface area (Å²) < 4.78 is 0. The Morgan fingerprint density at radius 2 is 0.934 bits per heavy atom. The van der Waals surface area contributed by atoms with Crippen LogP contribution in [-0.4, -0.2) is 20.6 Å². The Bertz CT molecular complexity index is 3090. The maximum Gasteiger partial charge on any atom is 0.247 e. The van der Waals surface area contributed by atoms with E-state index in [2.05, 4.69) is 181 Å². The predicted molar refractivity (Wildman–Crippen MR) is 259 cm³/mol. The molecule has 0 spiro atoms. The van der Waals surface area contributed by atoms with Crippen molar-refractivity contribution in [3.63, 3.8) is 0 Å². The highest BCUT2D eigenvalue weighted by molar-refractivity contribution is 8.01. The van der Waals surface area contributed by atoms with Crippen LogP contribution in [0.2, 0.25) is 0 Å². The molecule has 3 heterocycles. The molecule has 0 atom stereocenters. The molecule has 0 radical (unpaired) electrons. The van der Waals surface area contributed by atoms with E-state index in [9.17, 15) is 4.79 Å². The molecule has 0 aromatic heterocycles. The number of para-hydroxylation sites is 2. The molecule has 286 valence electrons. The molecule has 3 aliphatic rings. The van der Waals surface area contributed by atoms with Gasteiger partial charge < -0.3 is 4.90 Å². The van der Waals surface area contributed by atoms with Crippen molar-refractivity contribution < 1.29 is 4.79 Å². The Morgan fingerprint density at radius 3 is 1.57 bits per heavy atom. The van der Waals surface area contributed by atoms with E-state index in [0.717, 1.165) is 16.8 Å². The van der Waals surface area contributed by atoms with Gasteiger partial charge in [0.05, 0.1) is 0 Å². The summed E-state index contributed by atoms with van der Waals surface area (Å²) in [4.78, 5) is 21.0. The average molecular weight is 830 g/mol. The molecule has 0 N–H and O–H groups in total. The van der Waals surface area contributed by atoms with Crippen molar-refractivity contribution in [2.75, 3.05) is 4.90 Å². The van der Waals surface area contributed by atoms with Crippen molar-refractivity contribution >= 4 is 98.3 Å². The Labute approximate surface area is 366 Å². The van der Waals surface area contributed by atoms with E-state index in [-0.39, 0.29) is 12.5 Å². The van der Waals surface area contributed by atoms with Crippen LogP contribution in [0.5, 0.6) is 0 Å². The van der Waals surface area contributed by atoms with Crippen molar-refractivity contribution in [3.05, 3.63) is 230 Å². The summed E-state index contributed by atoms with van der Waals surface area (Å²) in [5.41, 5.74) is 11.4. The number of rotatable bonds is 6. The molecule has 12 rings (SSSR count). The summed E-state index contributed by atoms with van der Waals surface area (Å²) >= 11 is 3.76. The van der Waals surface area contributed by atoms with E-state index in [0.29, 0.717) is 11.1 Å². The summed E-state index contributed by atoms with van der Waals surface area (Å²) in [6.45, 7) is 0.129. The lowest BCUT2D eigenvalue weighted by molar-refractivity contribution is 0.103. The highest BCUT2D eigenvalue weighted by atomic mass is 32.2. The maximum atomic E-state index is 13.3. The van der Waals surface area contributed by atoms with Gasteiger partial charge in [0, 0.05) is 47.8 Å². The van der Waals surface area contributed by atoms with E-state index in [4.69, 9.17) is 0 Å². The van der Waals surface area contributed by atoms with E-state index in [1.54, 1.807) is 0 Å². The zero-order valence-corrected chi connectivity index (χ0v) is 35.7. The minimum absolute atomic E-state index is 0.0396. The SMILES string of the molecule is O=C(c1ccccc1)c1ccc(-c2cc3c4c(c2)Sc2cc(N5c6ccccc6[Si](c6ccccc6)(c6ccccc6)c6ccccc65)ccc2B4c2ccccc2S3)cc1. The van der Waals surface area contributed by atoms with Crippen LogP contribution in [0.1, 0.15) is 15.9 Å². The van der Waals surface area contributed by atoms with Crippen LogP contribution >= 0.6 is 23.5 Å². The summed E-state index contributed by atoms with van der Waals surface area (Å²) in [6, 6.07) is 79.2. The molecular formula is C55H36BNOS2Si. The van der Waals surface area contributed by atoms with Crippen LogP contribution < -0.4 is 42.0 Å². The first kappa shape index (κ1) is 36.3. The van der Waals surface area contributed by atoms with Gasteiger partial charge in [0.1, 0.15) is 0 Å². The third-order valence-corrected chi connectivity index (χ3v) is 19.8. The maximum absolute atomic E-state index is 13.3. The number of hydrogen-bond acceptors (Lipinski definition) is 4. The van der Waals surface area contributed by atoms with Gasteiger partial charge in [-0.3, -0.25) is 4.79 Å². The molecule has 0 bridgehead atoms. The standard InChI is InChI=1S/C55H36BNOS2Si/c58-55(38-16-4-1-5-17-38)39-30-28-37(29-31-39)40-34-50-54-51(35-40)60-49-36-41(32-33-45(49)56(54)44-22-10-13-25-48(44)59-50)57-46-23-11-14-26-52(46)61(42-18-6-2-7-19-42,43-20-8-3-9-21-43)53-27-15-12-24-47(53)57/h1-36H. The zero-order valence-electron chi connectivity index (χ0n) is 33.0. The quantitative estimate of drug-likeness (QED) is 0.123. The molecule has 6 heteroatoms. The van der Waals surface area contributed by atoms with E-state index in [1.807, 2.05) is 66.0 Å². The molecule has 0 amide bonds. The van der Waals surface area contributed by atoms with Gasteiger partial charge in [0.25, 0.3) is 0 Å². The number of carbonyl (C=O) groups excluding carboxylic acids is 1. The van der Waals surface area contributed by atoms with E-state index in [1.165, 1.54) is 68.1 Å². The lowest BCUT2D eigenvalue weighted by atomic mass is 9.36. The lowest BCUT2D eigenvalue weighted by Crippen LogP contribution is -2.77. The number of carbonyl (C=O) groups is 1. The monoisotopic (exact) mass is 829 g/mol. The van der Waals surface area contributed by atoms with Crippen LogP contribution in [-0.2, 0) is 0 Å². The third-order valence-electron chi connectivity index (χ3n) is 12.7. The minimum atomic E-state index is -2.72. The average Bonchev–Trinajstić information content (AvgIpc) is 3.33. The van der Waals surface area contributed by atoms with Gasteiger partial charge in [-0.1, -0.05) is 210 Å². The van der Waals surface area contributed by atoms with Gasteiger partial charge in [-0.25, -0.2) is 0 Å². The first-order valence-electron chi connectivity index (χ1n) is 20.7. The molecule has 2 nitrogen and oxygen atoms in total. The molecule has 9 aromatic rings. The number of anilines is 3. The fourth-order valence-electron chi connectivity index (χ4n) is 10.00. The van der Waals surface area contributed by atoms with Crippen molar-refractivity contribution in [1.29, 1.82) is 0 Å². The number of fused-ring (bicyclic) bond motifs is 6. The van der Waals surface area contributed by atoms with Crippen molar-refractivity contribution in [1.82, 2.24) is 0 Å². The summed E-state index contributed by atoms with van der Waals surface area (Å²) in [5, 5.41) is 5.56. The van der Waals surface area contributed by atoms with Gasteiger partial charge >= 0.3 is 0 Å². The van der Waals surface area contributed by atoms with E-state index >= 15 is 0 Å². The summed E-state index contributed by atoms with van der Waals surface area (Å²) in [6.07, 6.45) is 0. The van der Waals surface area contributed by atoms with Crippen LogP contribution in [0, 0.1) is 0 Å². The predicted octanol–water partition coefficient (Wildman–Crippen LogP) is 9.19. The highest BCUT2D eigenvalue weighted by Gasteiger charge is 2.49. The molecule has 0 aliphatic carbocycles. The van der Waals surface area contributed by atoms with Gasteiger partial charge in [-0.15, -0.1) is 0 Å². The third kappa shape index (κ3) is 5.70. The molecule has 0 saturated carbocycles. The van der Waals surface area contributed by atoms with Crippen molar-refractivity contribution in [2.45, 2.75) is 19.6 Å². The lowest BCUT2D eigenvalue weighted by Gasteiger charge is -2.45. The van der Waals surface area contributed by atoms with Crippen LogP contribution in [0.4, 0.5) is 17.1 Å². The molecular weight excluding hydrogens is 794 g/mol. The number of nitrogens with zero attached hydrogens (tertiary/aromatic N) is 1. The van der Waals surface area contributed by atoms with Gasteiger partial charge in [0.2, 0.25) is 6.71 Å². The fraction of sp³-hybridized carbons (Fsp3) is 0. The van der Waals surface area contributed by atoms with Gasteiger partial charge in [-0.2, -0.15) is 0 Å². The minimum Gasteiger partial charge on any atom is -0.311 e. The molecule has 0 saturated heterocycles. The largest absolute Gasteiger partial charge is 0.311 e. The van der Waals surface area contributed by atoms with Crippen LogP contribution in [0.3, 0.4) is 0 Å². The Morgan fingerprint density at radius 1 is 0.426 bits per heavy atom. The molecule has 0 fully saturated rings. The first-order chi connectivity index (χ1) is 30.2. The number of benzene rings is 9. The van der Waals surface area contributed by atoms with Crippen molar-refractivity contribution in [3.8, 4) is 11.1 Å². The van der Waals surface area contributed by atoms with E-state index < -0.39 is 8.07 Å². The first-order valence-corrected chi connectivity index (χ1v) is 24.4. The normalized spacial score (nSPS) is 13.9. The van der Waals surface area contributed by atoms with Gasteiger partial charge in [-0.05, 0) is 79.8 Å². The Hall–Kier alpha value is -6.57. The Balaban J connectivity index is 1.00. The second-order valence-corrected chi connectivity index (χ2v) is 21.8. The second kappa shape index (κ2) is 14.6. The second-order valence-electron chi connectivity index (χ2n) is 15.9. The smallest absolute Gasteiger partial charge is 0.247 e. The highest BCUT2D eigenvalue weighted by Crippen LogP contribution is 2.44.